The molecule has 1 aromatic heterocycles. The Morgan fingerprint density at radius 3 is 2.71 bits per heavy atom. The number of hydrogen-bond donors (Lipinski definition) is 1. The van der Waals surface area contributed by atoms with Gasteiger partial charge in [-0.2, -0.15) is 11.8 Å². The van der Waals surface area contributed by atoms with E-state index in [0.717, 1.165) is 30.2 Å². The van der Waals surface area contributed by atoms with Gasteiger partial charge < -0.3 is 5.73 Å². The maximum Gasteiger partial charge on any atom is 0.0547 e. The van der Waals surface area contributed by atoms with E-state index in [1.54, 1.807) is 0 Å². The van der Waals surface area contributed by atoms with Crippen molar-refractivity contribution in [2.45, 2.75) is 46.2 Å². The van der Waals surface area contributed by atoms with E-state index in [-0.39, 0.29) is 11.0 Å². The van der Waals surface area contributed by atoms with Gasteiger partial charge in [-0.05, 0) is 43.2 Å². The van der Waals surface area contributed by atoms with E-state index >= 15 is 0 Å². The van der Waals surface area contributed by atoms with Crippen LogP contribution in [0.3, 0.4) is 0 Å². The average Bonchev–Trinajstić information content (AvgIpc) is 2.45. The Hall–Kier alpha value is -0.580. The monoisotopic (exact) mass is 307 g/mol. The molecule has 0 aromatic carbocycles. The van der Waals surface area contributed by atoms with E-state index in [0.29, 0.717) is 6.54 Å². The first kappa shape index (κ1) is 16.8. The smallest absolute Gasteiger partial charge is 0.0547 e. The van der Waals surface area contributed by atoms with Crippen molar-refractivity contribution in [2.24, 2.45) is 11.1 Å². The maximum atomic E-state index is 6.30. The molecule has 3 nitrogen and oxygen atoms in total. The number of hydrogen-bond acceptors (Lipinski definition) is 4. The van der Waals surface area contributed by atoms with Gasteiger partial charge in [0.2, 0.25) is 0 Å². The summed E-state index contributed by atoms with van der Waals surface area (Å²) in [7, 11) is 0. The third-order valence-electron chi connectivity index (χ3n) is 5.10. The van der Waals surface area contributed by atoms with Crippen molar-refractivity contribution in [3.05, 3.63) is 29.6 Å². The summed E-state index contributed by atoms with van der Waals surface area (Å²) in [6, 6.07) is 6.28. The number of aryl methyl sites for hydroxylation is 1. The standard InChI is InChI=1S/C17H29N3S/c1-5-20(11-15-8-6-7-14(2)19-15)17(12-18)13-21-10-9-16(17,3)4/h6-8H,5,9-13,18H2,1-4H3. The van der Waals surface area contributed by atoms with Gasteiger partial charge in [-0.15, -0.1) is 0 Å². The molecule has 0 radical (unpaired) electrons. The fourth-order valence-corrected chi connectivity index (χ4v) is 5.26. The second-order valence-electron chi connectivity index (χ2n) is 6.71. The Kier molecular flexibility index (Phi) is 5.33. The third-order valence-corrected chi connectivity index (χ3v) is 6.27. The molecule has 1 aromatic rings. The molecule has 2 heterocycles. The molecule has 0 amide bonds. The van der Waals surface area contributed by atoms with Gasteiger partial charge in [0.15, 0.2) is 0 Å². The first-order chi connectivity index (χ1) is 9.95. The van der Waals surface area contributed by atoms with Gasteiger partial charge in [0.1, 0.15) is 0 Å². The van der Waals surface area contributed by atoms with Crippen molar-refractivity contribution in [3.8, 4) is 0 Å². The minimum atomic E-state index is 0.0656. The highest BCUT2D eigenvalue weighted by Crippen LogP contribution is 2.45. The third kappa shape index (κ3) is 3.27. The number of nitrogens with two attached hydrogens (primary N) is 1. The van der Waals surface area contributed by atoms with E-state index in [2.05, 4.69) is 55.8 Å². The van der Waals surface area contributed by atoms with E-state index in [4.69, 9.17) is 5.73 Å². The Balaban J connectivity index is 2.29. The lowest BCUT2D eigenvalue weighted by Gasteiger charge is -2.55. The van der Waals surface area contributed by atoms with Gasteiger partial charge in [0, 0.05) is 30.1 Å². The molecule has 1 aliphatic rings. The lowest BCUT2D eigenvalue weighted by Crippen LogP contribution is -2.65. The van der Waals surface area contributed by atoms with E-state index in [1.165, 1.54) is 12.2 Å². The van der Waals surface area contributed by atoms with Crippen LogP contribution in [0.4, 0.5) is 0 Å². The Labute approximate surface area is 133 Å². The molecule has 4 heteroatoms. The van der Waals surface area contributed by atoms with Gasteiger partial charge in [-0.25, -0.2) is 0 Å². The summed E-state index contributed by atoms with van der Waals surface area (Å²) in [6.45, 7) is 11.7. The average molecular weight is 308 g/mol. The molecule has 0 spiro atoms. The van der Waals surface area contributed by atoms with Crippen LogP contribution in [-0.2, 0) is 6.54 Å². The van der Waals surface area contributed by atoms with Crippen molar-refractivity contribution in [1.29, 1.82) is 0 Å². The summed E-state index contributed by atoms with van der Waals surface area (Å²) in [6.07, 6.45) is 1.23. The van der Waals surface area contributed by atoms with Gasteiger partial charge in [0.25, 0.3) is 0 Å². The summed E-state index contributed by atoms with van der Waals surface area (Å²) < 4.78 is 0. The highest BCUT2D eigenvalue weighted by atomic mass is 32.2. The Bertz CT molecular complexity index is 475. The molecule has 0 bridgehead atoms. The van der Waals surface area contributed by atoms with Crippen LogP contribution in [0.1, 0.15) is 38.6 Å². The highest BCUT2D eigenvalue weighted by molar-refractivity contribution is 7.99. The molecule has 2 N–H and O–H groups in total. The normalized spacial score (nSPS) is 25.2. The van der Waals surface area contributed by atoms with Gasteiger partial charge in [-0.3, -0.25) is 9.88 Å². The summed E-state index contributed by atoms with van der Waals surface area (Å²) in [5, 5.41) is 0. The lowest BCUT2D eigenvalue weighted by atomic mass is 9.69. The predicted molar refractivity (Wildman–Crippen MR) is 92.6 cm³/mol. The second-order valence-corrected chi connectivity index (χ2v) is 7.81. The molecule has 1 fully saturated rings. The van der Waals surface area contributed by atoms with Crippen molar-refractivity contribution in [3.63, 3.8) is 0 Å². The van der Waals surface area contributed by atoms with Crippen LogP contribution < -0.4 is 5.73 Å². The number of thioether (sulfide) groups is 1. The molecule has 1 unspecified atom stereocenters. The van der Waals surface area contributed by atoms with E-state index < -0.39 is 0 Å². The molecule has 1 atom stereocenters. The quantitative estimate of drug-likeness (QED) is 0.908. The number of pyridine rings is 1. The SMILES string of the molecule is CCN(Cc1cccc(C)n1)C1(CN)CSCCC1(C)C. The minimum absolute atomic E-state index is 0.0656. The highest BCUT2D eigenvalue weighted by Gasteiger charge is 2.49. The molecule has 0 aliphatic carbocycles. The van der Waals surface area contributed by atoms with Crippen molar-refractivity contribution in [2.75, 3.05) is 24.6 Å². The molecule has 0 saturated carbocycles. The predicted octanol–water partition coefficient (Wildman–Crippen LogP) is 3.07. The van der Waals surface area contributed by atoms with Crippen molar-refractivity contribution >= 4 is 11.8 Å². The van der Waals surface area contributed by atoms with Crippen molar-refractivity contribution in [1.82, 2.24) is 9.88 Å². The topological polar surface area (TPSA) is 42.2 Å². The fraction of sp³-hybridized carbons (Fsp3) is 0.706. The number of rotatable bonds is 5. The summed E-state index contributed by atoms with van der Waals surface area (Å²) in [5.74, 6) is 2.37. The minimum Gasteiger partial charge on any atom is -0.329 e. The zero-order valence-corrected chi connectivity index (χ0v) is 14.7. The van der Waals surface area contributed by atoms with Crippen LogP contribution in [0, 0.1) is 12.3 Å². The van der Waals surface area contributed by atoms with Crippen LogP contribution in [-0.4, -0.2) is 40.0 Å². The molecular weight excluding hydrogens is 278 g/mol. The maximum absolute atomic E-state index is 6.30. The van der Waals surface area contributed by atoms with E-state index in [1.807, 2.05) is 11.8 Å². The first-order valence-electron chi connectivity index (χ1n) is 7.90. The summed E-state index contributed by atoms with van der Waals surface area (Å²) in [4.78, 5) is 7.24. The van der Waals surface area contributed by atoms with E-state index in [9.17, 15) is 0 Å². The molecule has 2 rings (SSSR count). The van der Waals surface area contributed by atoms with Crippen LogP contribution >= 0.6 is 11.8 Å². The molecule has 118 valence electrons. The van der Waals surface area contributed by atoms with Gasteiger partial charge in [-0.1, -0.05) is 26.8 Å². The zero-order chi connectivity index (χ0) is 15.5. The Morgan fingerprint density at radius 1 is 1.38 bits per heavy atom. The lowest BCUT2D eigenvalue weighted by molar-refractivity contribution is -0.00197. The van der Waals surface area contributed by atoms with Crippen LogP contribution in [0.5, 0.6) is 0 Å². The van der Waals surface area contributed by atoms with Crippen LogP contribution in [0.2, 0.25) is 0 Å². The number of nitrogens with zero attached hydrogens (tertiary/aromatic N) is 2. The largest absolute Gasteiger partial charge is 0.329 e. The molecule has 1 saturated heterocycles. The molecule has 21 heavy (non-hydrogen) atoms. The molecular formula is C17H29N3S. The van der Waals surface area contributed by atoms with Crippen LogP contribution in [0.15, 0.2) is 18.2 Å². The first-order valence-corrected chi connectivity index (χ1v) is 9.06. The van der Waals surface area contributed by atoms with Gasteiger partial charge in [0.05, 0.1) is 5.69 Å². The fourth-order valence-electron chi connectivity index (χ4n) is 3.43. The molecule has 1 aliphatic heterocycles. The van der Waals surface area contributed by atoms with Crippen molar-refractivity contribution < 1.29 is 0 Å². The Morgan fingerprint density at radius 2 is 2.14 bits per heavy atom. The zero-order valence-electron chi connectivity index (χ0n) is 13.9. The number of likely N-dealkylation sites (N-methyl/N-ethyl adjacent to an activating group) is 1. The number of aromatic nitrogens is 1. The second kappa shape index (κ2) is 6.67. The summed E-state index contributed by atoms with van der Waals surface area (Å²) >= 11 is 2.04. The van der Waals surface area contributed by atoms with Crippen LogP contribution in [0.25, 0.3) is 0 Å². The van der Waals surface area contributed by atoms with Gasteiger partial charge >= 0.3 is 0 Å². The summed E-state index contributed by atoms with van der Waals surface area (Å²) in [5.41, 5.74) is 8.84.